The van der Waals surface area contributed by atoms with Gasteiger partial charge in [-0.2, -0.15) is 0 Å². The molecule has 0 bridgehead atoms. The number of hydrogen-bond donors (Lipinski definition) is 1. The third-order valence-electron chi connectivity index (χ3n) is 4.29. The van der Waals surface area contributed by atoms with Crippen LogP contribution in [0.2, 0.25) is 0 Å². The maximum atomic E-state index is 12.8. The summed E-state index contributed by atoms with van der Waals surface area (Å²) in [6.07, 6.45) is 4.15. The zero-order chi connectivity index (χ0) is 19.2. The van der Waals surface area contributed by atoms with Crippen molar-refractivity contribution in [2.24, 2.45) is 5.41 Å². The van der Waals surface area contributed by atoms with E-state index in [-0.39, 0.29) is 11.8 Å². The Hall–Kier alpha value is -2.89. The lowest BCUT2D eigenvalue weighted by atomic mass is 9.90. The lowest BCUT2D eigenvalue weighted by molar-refractivity contribution is -0.145. The summed E-state index contributed by atoms with van der Waals surface area (Å²) in [5.74, 6) is -0.0585. The molecule has 1 heterocycles. The van der Waals surface area contributed by atoms with Crippen LogP contribution in [0.3, 0.4) is 0 Å². The predicted octanol–water partition coefficient (Wildman–Crippen LogP) is 2.76. The number of aromatic nitrogens is 1. The number of amides is 2. The van der Waals surface area contributed by atoms with Crippen molar-refractivity contribution in [1.29, 1.82) is 0 Å². The molecule has 2 aromatic rings. The smallest absolute Gasteiger partial charge is 0.239 e. The van der Waals surface area contributed by atoms with Gasteiger partial charge in [-0.25, -0.2) is 0 Å². The van der Waals surface area contributed by atoms with Crippen LogP contribution < -0.4 is 10.1 Å². The van der Waals surface area contributed by atoms with E-state index in [2.05, 4.69) is 10.3 Å². The van der Waals surface area contributed by atoms with Crippen LogP contribution in [0, 0.1) is 5.41 Å². The van der Waals surface area contributed by atoms with E-state index in [1.54, 1.807) is 56.4 Å². The Morgan fingerprint density at radius 3 is 2.46 bits per heavy atom. The van der Waals surface area contributed by atoms with E-state index in [0.29, 0.717) is 24.4 Å². The third kappa shape index (κ3) is 4.59. The van der Waals surface area contributed by atoms with Gasteiger partial charge in [-0.3, -0.25) is 14.6 Å². The number of methoxy groups -OCH3 is 1. The van der Waals surface area contributed by atoms with Crippen LogP contribution in [0.25, 0.3) is 0 Å². The second-order valence-corrected chi connectivity index (χ2v) is 6.61. The molecule has 2 amide bonds. The number of nitrogens with zero attached hydrogens (tertiary/aromatic N) is 2. The Morgan fingerprint density at radius 1 is 1.15 bits per heavy atom. The van der Waals surface area contributed by atoms with E-state index in [9.17, 15) is 9.59 Å². The monoisotopic (exact) mass is 355 g/mol. The van der Waals surface area contributed by atoms with Gasteiger partial charge in [0.15, 0.2) is 0 Å². The number of para-hydroxylation sites is 2. The van der Waals surface area contributed by atoms with E-state index in [0.717, 1.165) is 5.56 Å². The maximum Gasteiger partial charge on any atom is 0.239 e. The van der Waals surface area contributed by atoms with Crippen molar-refractivity contribution in [2.75, 3.05) is 26.0 Å². The second kappa shape index (κ2) is 8.47. The molecule has 0 atom stereocenters. The van der Waals surface area contributed by atoms with Gasteiger partial charge in [0.1, 0.15) is 11.2 Å². The fourth-order valence-electron chi connectivity index (χ4n) is 2.55. The zero-order valence-corrected chi connectivity index (χ0v) is 15.7. The minimum Gasteiger partial charge on any atom is -0.495 e. The van der Waals surface area contributed by atoms with E-state index >= 15 is 0 Å². The number of ether oxygens (including phenoxy) is 1. The summed E-state index contributed by atoms with van der Waals surface area (Å²) in [5.41, 5.74) is 0.435. The fraction of sp³-hybridized carbons (Fsp3) is 0.350. The highest BCUT2D eigenvalue weighted by atomic mass is 16.5. The summed E-state index contributed by atoms with van der Waals surface area (Å²) in [5, 5.41) is 2.79. The molecule has 138 valence electrons. The summed E-state index contributed by atoms with van der Waals surface area (Å²) in [4.78, 5) is 31.1. The van der Waals surface area contributed by atoms with E-state index in [1.165, 1.54) is 7.11 Å². The van der Waals surface area contributed by atoms with Crippen LogP contribution in [0.1, 0.15) is 19.4 Å². The molecule has 0 saturated heterocycles. The molecule has 0 spiro atoms. The van der Waals surface area contributed by atoms with Gasteiger partial charge in [0.05, 0.1) is 12.8 Å². The summed E-state index contributed by atoms with van der Waals surface area (Å²) in [6, 6.07) is 10.9. The number of hydrogen-bond acceptors (Lipinski definition) is 4. The van der Waals surface area contributed by atoms with E-state index < -0.39 is 5.41 Å². The predicted molar refractivity (Wildman–Crippen MR) is 101 cm³/mol. The third-order valence-corrected chi connectivity index (χ3v) is 4.29. The number of pyridine rings is 1. The molecule has 26 heavy (non-hydrogen) atoms. The minimum absolute atomic E-state index is 0.237. The first kappa shape index (κ1) is 19.4. The number of carbonyl (C=O) groups excluding carboxylic acids is 2. The standard InChI is InChI=1S/C20H25N3O3/c1-20(2,18(24)22-16-7-5-6-8-17(16)26-4)19(25)23(3)14-11-15-9-12-21-13-10-15/h5-10,12-13H,11,14H2,1-4H3,(H,22,24). The normalized spacial score (nSPS) is 10.9. The molecule has 0 unspecified atom stereocenters. The van der Waals surface area contributed by atoms with Crippen molar-refractivity contribution in [3.63, 3.8) is 0 Å². The highest BCUT2D eigenvalue weighted by Crippen LogP contribution is 2.27. The van der Waals surface area contributed by atoms with Crippen molar-refractivity contribution in [2.45, 2.75) is 20.3 Å². The lowest BCUT2D eigenvalue weighted by Gasteiger charge is -2.28. The van der Waals surface area contributed by atoms with E-state index in [1.807, 2.05) is 18.2 Å². The van der Waals surface area contributed by atoms with Gasteiger partial charge in [0.2, 0.25) is 11.8 Å². The van der Waals surface area contributed by atoms with Crippen LogP contribution in [0.4, 0.5) is 5.69 Å². The molecule has 6 nitrogen and oxygen atoms in total. The molecule has 0 fully saturated rings. The largest absolute Gasteiger partial charge is 0.495 e. The maximum absolute atomic E-state index is 12.8. The molecule has 0 aliphatic carbocycles. The highest BCUT2D eigenvalue weighted by Gasteiger charge is 2.38. The fourth-order valence-corrected chi connectivity index (χ4v) is 2.55. The molecular weight excluding hydrogens is 330 g/mol. The Morgan fingerprint density at radius 2 is 1.81 bits per heavy atom. The van der Waals surface area contributed by atoms with Gasteiger partial charge in [0.25, 0.3) is 0 Å². The number of rotatable bonds is 7. The van der Waals surface area contributed by atoms with Gasteiger partial charge in [-0.1, -0.05) is 12.1 Å². The van der Waals surface area contributed by atoms with Crippen LogP contribution >= 0.6 is 0 Å². The number of anilines is 1. The summed E-state index contributed by atoms with van der Waals surface area (Å²) < 4.78 is 5.24. The molecule has 0 saturated carbocycles. The van der Waals surface area contributed by atoms with Crippen LogP contribution in [0.5, 0.6) is 5.75 Å². The van der Waals surface area contributed by atoms with Crippen molar-refractivity contribution in [3.8, 4) is 5.75 Å². The van der Waals surface area contributed by atoms with Crippen LogP contribution in [0.15, 0.2) is 48.8 Å². The Labute approximate surface area is 154 Å². The first-order valence-corrected chi connectivity index (χ1v) is 8.45. The molecule has 6 heteroatoms. The number of nitrogens with one attached hydrogen (secondary N) is 1. The molecule has 2 rings (SSSR count). The summed E-state index contributed by atoms with van der Waals surface area (Å²) in [6.45, 7) is 3.78. The Balaban J connectivity index is 2.02. The van der Waals surface area contributed by atoms with Crippen molar-refractivity contribution < 1.29 is 14.3 Å². The average molecular weight is 355 g/mol. The van der Waals surface area contributed by atoms with Crippen LogP contribution in [-0.4, -0.2) is 42.4 Å². The first-order valence-electron chi connectivity index (χ1n) is 8.45. The molecule has 0 radical (unpaired) electrons. The Kier molecular flexibility index (Phi) is 6.33. The molecule has 0 aliphatic rings. The quantitative estimate of drug-likeness (QED) is 0.775. The summed E-state index contributed by atoms with van der Waals surface area (Å²) >= 11 is 0. The van der Waals surface area contributed by atoms with Crippen molar-refractivity contribution in [3.05, 3.63) is 54.4 Å². The molecule has 0 aliphatic heterocycles. The first-order chi connectivity index (χ1) is 12.4. The molecular formula is C20H25N3O3. The highest BCUT2D eigenvalue weighted by molar-refractivity contribution is 6.10. The topological polar surface area (TPSA) is 71.5 Å². The Bertz CT molecular complexity index is 760. The second-order valence-electron chi connectivity index (χ2n) is 6.61. The van der Waals surface area contributed by atoms with Gasteiger partial charge in [0, 0.05) is 26.0 Å². The van der Waals surface area contributed by atoms with Crippen LogP contribution in [-0.2, 0) is 16.0 Å². The SMILES string of the molecule is COc1ccccc1NC(=O)C(C)(C)C(=O)N(C)CCc1ccncc1. The van der Waals surface area contributed by atoms with Crippen molar-refractivity contribution in [1.82, 2.24) is 9.88 Å². The molecule has 1 aromatic heterocycles. The number of carbonyl (C=O) groups is 2. The van der Waals surface area contributed by atoms with Gasteiger partial charge >= 0.3 is 0 Å². The lowest BCUT2D eigenvalue weighted by Crippen LogP contribution is -2.46. The van der Waals surface area contributed by atoms with Gasteiger partial charge in [-0.05, 0) is 50.1 Å². The summed E-state index contributed by atoms with van der Waals surface area (Å²) in [7, 11) is 3.25. The average Bonchev–Trinajstić information content (AvgIpc) is 2.66. The van der Waals surface area contributed by atoms with Gasteiger partial charge < -0.3 is 15.0 Å². The van der Waals surface area contributed by atoms with Gasteiger partial charge in [-0.15, -0.1) is 0 Å². The molecule has 1 N–H and O–H groups in total. The zero-order valence-electron chi connectivity index (χ0n) is 15.7. The number of likely N-dealkylation sites (N-methyl/N-ethyl adjacent to an activating group) is 1. The van der Waals surface area contributed by atoms with E-state index in [4.69, 9.17) is 4.74 Å². The minimum atomic E-state index is -1.20. The molecule has 1 aromatic carbocycles. The van der Waals surface area contributed by atoms with Crippen molar-refractivity contribution >= 4 is 17.5 Å². The number of benzene rings is 1.